The van der Waals surface area contributed by atoms with E-state index >= 15 is 0 Å². The van der Waals surface area contributed by atoms with Crippen molar-refractivity contribution < 1.29 is 24.9 Å². The number of hydrogen-bond acceptors (Lipinski definition) is 4. The van der Waals surface area contributed by atoms with Crippen molar-refractivity contribution in [3.63, 3.8) is 0 Å². The Morgan fingerprint density at radius 1 is 1.21 bits per heavy atom. The quantitative estimate of drug-likeness (QED) is 0.250. The van der Waals surface area contributed by atoms with E-state index in [1.807, 2.05) is 36.4 Å². The van der Waals surface area contributed by atoms with Crippen molar-refractivity contribution in [1.29, 1.82) is 0 Å². The maximum atomic E-state index is 10.5. The standard InChI is InChI=1S/C22H31BrO5/c23-20-14-21(25)19(18(20)10-6-1-2-7-11-22(26)27)13-12-16(24)15-28-17-8-4-3-5-9-17/h3-5,8-9,12-13,16,18-21,24-25H,1-2,6-7,10-11,14-15H2,(H,26,27)/b13-12+/t16-,18-,19-,20-,21-/m1/s1. The number of aliphatic hydroxyl groups is 2. The number of ether oxygens (including phenoxy) is 1. The number of carbonyl (C=O) groups is 1. The molecule has 0 unspecified atom stereocenters. The van der Waals surface area contributed by atoms with Gasteiger partial charge >= 0.3 is 5.97 Å². The lowest BCUT2D eigenvalue weighted by Crippen LogP contribution is -2.20. The van der Waals surface area contributed by atoms with E-state index in [1.54, 1.807) is 6.08 Å². The smallest absolute Gasteiger partial charge is 0.303 e. The minimum atomic E-state index is -0.737. The van der Waals surface area contributed by atoms with Gasteiger partial charge in [0.25, 0.3) is 0 Å². The predicted molar refractivity (Wildman–Crippen MR) is 113 cm³/mol. The summed E-state index contributed by atoms with van der Waals surface area (Å²) in [6, 6.07) is 9.37. The molecular weight excluding hydrogens is 424 g/mol. The van der Waals surface area contributed by atoms with Gasteiger partial charge in [-0.2, -0.15) is 0 Å². The molecule has 5 nitrogen and oxygen atoms in total. The maximum Gasteiger partial charge on any atom is 0.303 e. The van der Waals surface area contributed by atoms with Crippen LogP contribution in [0.25, 0.3) is 0 Å². The highest BCUT2D eigenvalue weighted by molar-refractivity contribution is 9.09. The van der Waals surface area contributed by atoms with Crippen LogP contribution in [0.3, 0.4) is 0 Å². The largest absolute Gasteiger partial charge is 0.491 e. The fraction of sp³-hybridized carbons (Fsp3) is 0.591. The zero-order valence-corrected chi connectivity index (χ0v) is 17.7. The number of aliphatic hydroxyl groups excluding tert-OH is 2. The predicted octanol–water partition coefficient (Wildman–Crippen LogP) is 4.17. The summed E-state index contributed by atoms with van der Waals surface area (Å²) in [5, 5.41) is 29.2. The average Bonchev–Trinajstić information content (AvgIpc) is 2.94. The lowest BCUT2D eigenvalue weighted by molar-refractivity contribution is -0.137. The number of rotatable bonds is 12. The van der Waals surface area contributed by atoms with Gasteiger partial charge in [0.15, 0.2) is 0 Å². The van der Waals surface area contributed by atoms with Gasteiger partial charge in [0, 0.05) is 17.2 Å². The van der Waals surface area contributed by atoms with Crippen molar-refractivity contribution in [2.75, 3.05) is 6.61 Å². The van der Waals surface area contributed by atoms with Crippen molar-refractivity contribution in [3.8, 4) is 5.75 Å². The van der Waals surface area contributed by atoms with Crippen LogP contribution in [0.4, 0.5) is 0 Å². The van der Waals surface area contributed by atoms with E-state index in [2.05, 4.69) is 15.9 Å². The number of halogens is 1. The molecule has 0 aliphatic heterocycles. The van der Waals surface area contributed by atoms with Crippen molar-refractivity contribution >= 4 is 21.9 Å². The number of benzene rings is 1. The van der Waals surface area contributed by atoms with Crippen molar-refractivity contribution in [1.82, 2.24) is 0 Å². The summed E-state index contributed by atoms with van der Waals surface area (Å²) in [6.07, 6.45) is 8.09. The summed E-state index contributed by atoms with van der Waals surface area (Å²) in [5.41, 5.74) is 0. The zero-order valence-electron chi connectivity index (χ0n) is 16.1. The van der Waals surface area contributed by atoms with Gasteiger partial charge in [0.1, 0.15) is 18.5 Å². The van der Waals surface area contributed by atoms with Gasteiger partial charge in [-0.1, -0.05) is 65.5 Å². The SMILES string of the molecule is O=C(O)CCCCCC[C@@H]1[C@@H](/C=C/[C@@H](O)COc2ccccc2)[C@H](O)C[C@H]1Br. The van der Waals surface area contributed by atoms with Crippen LogP contribution in [0.2, 0.25) is 0 Å². The molecule has 2 rings (SSSR count). The molecule has 0 amide bonds. The molecular formula is C22H31BrO5. The third kappa shape index (κ3) is 7.94. The molecule has 0 heterocycles. The Labute approximate surface area is 175 Å². The second kappa shape index (κ2) is 12.2. The molecule has 0 bridgehead atoms. The van der Waals surface area contributed by atoms with Gasteiger partial charge in [-0.3, -0.25) is 4.79 Å². The molecule has 156 valence electrons. The average molecular weight is 455 g/mol. The monoisotopic (exact) mass is 454 g/mol. The van der Waals surface area contributed by atoms with Gasteiger partial charge in [-0.15, -0.1) is 0 Å². The summed E-state index contributed by atoms with van der Waals surface area (Å²) < 4.78 is 5.56. The third-order valence-corrected chi connectivity index (χ3v) is 6.32. The molecule has 28 heavy (non-hydrogen) atoms. The number of aliphatic carboxylic acids is 1. The molecule has 6 heteroatoms. The highest BCUT2D eigenvalue weighted by Crippen LogP contribution is 2.41. The van der Waals surface area contributed by atoms with Crippen LogP contribution in [-0.4, -0.2) is 44.9 Å². The van der Waals surface area contributed by atoms with Crippen LogP contribution in [0.1, 0.15) is 44.9 Å². The van der Waals surface area contributed by atoms with Gasteiger partial charge < -0.3 is 20.1 Å². The van der Waals surface area contributed by atoms with Crippen molar-refractivity contribution in [2.45, 2.75) is 62.0 Å². The first-order valence-corrected chi connectivity index (χ1v) is 11.0. The van der Waals surface area contributed by atoms with Crippen LogP contribution >= 0.6 is 15.9 Å². The number of alkyl halides is 1. The molecule has 0 saturated heterocycles. The van der Waals surface area contributed by atoms with Gasteiger partial charge in [0.2, 0.25) is 0 Å². The molecule has 1 aliphatic carbocycles. The van der Waals surface area contributed by atoms with E-state index in [-0.39, 0.29) is 23.8 Å². The summed E-state index contributed by atoms with van der Waals surface area (Å²) in [7, 11) is 0. The fourth-order valence-electron chi connectivity index (χ4n) is 3.75. The van der Waals surface area contributed by atoms with Crippen LogP contribution in [0.15, 0.2) is 42.5 Å². The van der Waals surface area contributed by atoms with Crippen molar-refractivity contribution in [3.05, 3.63) is 42.5 Å². The van der Waals surface area contributed by atoms with Crippen LogP contribution in [-0.2, 0) is 4.79 Å². The topological polar surface area (TPSA) is 87.0 Å². The first-order valence-electron chi connectivity index (χ1n) is 10.1. The lowest BCUT2D eigenvalue weighted by Gasteiger charge is -2.21. The molecule has 3 N–H and O–H groups in total. The van der Waals surface area contributed by atoms with Gasteiger partial charge in [-0.05, 0) is 37.3 Å². The molecule has 0 aromatic heterocycles. The second-order valence-electron chi connectivity index (χ2n) is 7.48. The Balaban J connectivity index is 1.76. The summed E-state index contributed by atoms with van der Waals surface area (Å²) in [6.45, 7) is 0.176. The number of para-hydroxylation sites is 1. The number of unbranched alkanes of at least 4 members (excludes halogenated alkanes) is 3. The highest BCUT2D eigenvalue weighted by atomic mass is 79.9. The third-order valence-electron chi connectivity index (χ3n) is 5.27. The second-order valence-corrected chi connectivity index (χ2v) is 8.66. The number of carboxylic acid groups (broad SMARTS) is 1. The van der Waals surface area contributed by atoms with E-state index in [0.29, 0.717) is 12.3 Å². The Bertz CT molecular complexity index is 606. The Morgan fingerprint density at radius 3 is 2.64 bits per heavy atom. The van der Waals surface area contributed by atoms with Gasteiger partial charge in [-0.25, -0.2) is 0 Å². The Kier molecular flexibility index (Phi) is 10.0. The molecule has 1 fully saturated rings. The molecule has 0 spiro atoms. The van der Waals surface area contributed by atoms with E-state index < -0.39 is 18.2 Å². The van der Waals surface area contributed by atoms with E-state index in [1.165, 1.54) is 0 Å². The minimum absolute atomic E-state index is 0.00905. The van der Waals surface area contributed by atoms with Crippen LogP contribution < -0.4 is 4.74 Å². The van der Waals surface area contributed by atoms with E-state index in [0.717, 1.165) is 37.9 Å². The first kappa shape index (κ1) is 22.9. The fourth-order valence-corrected chi connectivity index (χ4v) is 4.75. The van der Waals surface area contributed by atoms with Crippen LogP contribution in [0, 0.1) is 11.8 Å². The molecule has 0 radical (unpaired) electrons. The summed E-state index contributed by atoms with van der Waals surface area (Å²) >= 11 is 3.70. The van der Waals surface area contributed by atoms with E-state index in [4.69, 9.17) is 9.84 Å². The normalized spacial score (nSPS) is 25.8. The van der Waals surface area contributed by atoms with E-state index in [9.17, 15) is 15.0 Å². The lowest BCUT2D eigenvalue weighted by atomic mass is 9.89. The molecule has 5 atom stereocenters. The number of carboxylic acids is 1. The van der Waals surface area contributed by atoms with Crippen LogP contribution in [0.5, 0.6) is 5.75 Å². The Morgan fingerprint density at radius 2 is 1.93 bits per heavy atom. The molecule has 1 aromatic carbocycles. The minimum Gasteiger partial charge on any atom is -0.491 e. The summed E-state index contributed by atoms with van der Waals surface area (Å²) in [5.74, 6) is 0.305. The van der Waals surface area contributed by atoms with Gasteiger partial charge in [0.05, 0.1) is 6.10 Å². The zero-order chi connectivity index (χ0) is 20.4. The molecule has 1 aromatic rings. The van der Waals surface area contributed by atoms with Crippen molar-refractivity contribution in [2.24, 2.45) is 11.8 Å². The first-order chi connectivity index (χ1) is 13.5. The maximum absolute atomic E-state index is 10.5. The Hall–Kier alpha value is -1.37. The summed E-state index contributed by atoms with van der Waals surface area (Å²) in [4.78, 5) is 10.8. The molecule has 1 aliphatic rings. The number of hydrogen-bond donors (Lipinski definition) is 3. The highest BCUT2D eigenvalue weighted by Gasteiger charge is 2.39. The molecule has 1 saturated carbocycles.